The second-order valence-corrected chi connectivity index (χ2v) is 9.11. The highest BCUT2D eigenvalue weighted by Crippen LogP contribution is 2.29. The number of hydrogen-bond donors (Lipinski definition) is 1. The molecule has 0 saturated carbocycles. The summed E-state index contributed by atoms with van der Waals surface area (Å²) in [4.78, 5) is 2.21. The Kier molecular flexibility index (Phi) is 5.33. The third kappa shape index (κ3) is 4.44. The fraction of sp³-hybridized carbons (Fsp3) is 0.600. The minimum absolute atomic E-state index is 0.0100. The molecule has 1 N–H and O–H groups in total. The van der Waals surface area contributed by atoms with E-state index in [1.165, 1.54) is 5.56 Å². The molecule has 1 atom stereocenters. The van der Waals surface area contributed by atoms with Gasteiger partial charge in [-0.3, -0.25) is 0 Å². The summed E-state index contributed by atoms with van der Waals surface area (Å²) in [5.41, 5.74) is 2.33. The van der Waals surface area contributed by atoms with Gasteiger partial charge in [-0.15, -0.1) is 0 Å². The lowest BCUT2D eigenvalue weighted by Crippen LogP contribution is -2.47. The van der Waals surface area contributed by atoms with Gasteiger partial charge in [-0.1, -0.05) is 35.8 Å². The minimum atomic E-state index is -2.89. The Hall–Kier alpha value is -0.590. The van der Waals surface area contributed by atoms with Crippen LogP contribution in [0.2, 0.25) is 0 Å². The highest BCUT2D eigenvalue weighted by atomic mass is 79.9. The van der Waals surface area contributed by atoms with Crippen molar-refractivity contribution in [2.45, 2.75) is 39.4 Å². The third-order valence-corrected chi connectivity index (χ3v) is 6.02. The van der Waals surface area contributed by atoms with Gasteiger partial charge in [0.25, 0.3) is 0 Å². The highest BCUT2D eigenvalue weighted by molar-refractivity contribution is 9.10. The van der Waals surface area contributed by atoms with Crippen molar-refractivity contribution in [3.63, 3.8) is 0 Å². The van der Waals surface area contributed by atoms with Crippen molar-refractivity contribution in [3.05, 3.63) is 28.2 Å². The molecule has 1 aliphatic heterocycles. The molecule has 2 rings (SSSR count). The smallest absolute Gasteiger partial charge is 0.154 e. The van der Waals surface area contributed by atoms with Crippen LogP contribution in [0.25, 0.3) is 0 Å². The van der Waals surface area contributed by atoms with Crippen molar-refractivity contribution < 1.29 is 8.42 Å². The molecule has 4 nitrogen and oxygen atoms in total. The Balaban J connectivity index is 2.27. The average Bonchev–Trinajstić information content (AvgIpc) is 2.36. The number of nitrogens with zero attached hydrogens (tertiary/aromatic N) is 1. The molecule has 0 amide bonds. The van der Waals surface area contributed by atoms with Crippen LogP contribution in [0.5, 0.6) is 0 Å². The zero-order valence-electron chi connectivity index (χ0n) is 12.8. The van der Waals surface area contributed by atoms with Gasteiger partial charge in [-0.2, -0.15) is 0 Å². The summed E-state index contributed by atoms with van der Waals surface area (Å²) < 4.78 is 24.5. The molecule has 21 heavy (non-hydrogen) atoms. The molecule has 1 heterocycles. The normalized spacial score (nSPS) is 21.8. The van der Waals surface area contributed by atoms with Crippen LogP contribution in [0.3, 0.4) is 0 Å². The largest absolute Gasteiger partial charge is 0.366 e. The Bertz CT molecular complexity index is 602. The van der Waals surface area contributed by atoms with Gasteiger partial charge in [0.05, 0.1) is 11.5 Å². The quantitative estimate of drug-likeness (QED) is 0.879. The van der Waals surface area contributed by atoms with Crippen molar-refractivity contribution in [1.29, 1.82) is 0 Å². The zero-order chi connectivity index (χ0) is 15.6. The monoisotopic (exact) mass is 374 g/mol. The maximum Gasteiger partial charge on any atom is 0.154 e. The van der Waals surface area contributed by atoms with E-state index in [9.17, 15) is 8.42 Å². The number of halogens is 1. The van der Waals surface area contributed by atoms with Crippen molar-refractivity contribution >= 4 is 31.5 Å². The molecular weight excluding hydrogens is 352 g/mol. The van der Waals surface area contributed by atoms with Crippen LogP contribution in [0.1, 0.15) is 26.3 Å². The van der Waals surface area contributed by atoms with Gasteiger partial charge in [-0.05, 0) is 24.6 Å². The Morgan fingerprint density at radius 3 is 2.76 bits per heavy atom. The van der Waals surface area contributed by atoms with E-state index in [1.807, 2.05) is 13.0 Å². The lowest BCUT2D eigenvalue weighted by atomic mass is 10.1. The molecule has 1 unspecified atom stereocenters. The molecule has 1 aromatic carbocycles. The van der Waals surface area contributed by atoms with Gasteiger partial charge < -0.3 is 10.2 Å². The van der Waals surface area contributed by atoms with E-state index < -0.39 is 9.84 Å². The maximum absolute atomic E-state index is 11.8. The highest BCUT2D eigenvalue weighted by Gasteiger charge is 2.29. The molecule has 1 fully saturated rings. The number of benzene rings is 1. The molecule has 1 aromatic rings. The van der Waals surface area contributed by atoms with Crippen molar-refractivity contribution in [2.24, 2.45) is 0 Å². The SMILES string of the molecule is CC(C)NCc1ccc(Br)cc1N1CCS(=O)(=O)CC1C. The summed E-state index contributed by atoms with van der Waals surface area (Å²) >= 11 is 3.52. The summed E-state index contributed by atoms with van der Waals surface area (Å²) in [6, 6.07) is 6.65. The first-order valence-corrected chi connectivity index (χ1v) is 9.89. The predicted octanol–water partition coefficient (Wildman–Crippen LogP) is 2.57. The number of sulfone groups is 1. The van der Waals surface area contributed by atoms with E-state index >= 15 is 0 Å². The van der Waals surface area contributed by atoms with E-state index in [1.54, 1.807) is 0 Å². The van der Waals surface area contributed by atoms with Gasteiger partial charge >= 0.3 is 0 Å². The zero-order valence-corrected chi connectivity index (χ0v) is 15.2. The van der Waals surface area contributed by atoms with E-state index in [2.05, 4.69) is 52.1 Å². The lowest BCUT2D eigenvalue weighted by Gasteiger charge is -2.36. The number of anilines is 1. The molecule has 0 bridgehead atoms. The van der Waals surface area contributed by atoms with Gasteiger partial charge in [-0.25, -0.2) is 8.42 Å². The molecule has 118 valence electrons. The van der Waals surface area contributed by atoms with E-state index in [4.69, 9.17) is 0 Å². The molecule has 0 aromatic heterocycles. The van der Waals surface area contributed by atoms with E-state index in [0.29, 0.717) is 12.6 Å². The molecular formula is C15H23BrN2O2S. The Labute approximate surface area is 136 Å². The van der Waals surface area contributed by atoms with Gasteiger partial charge in [0.2, 0.25) is 0 Å². The lowest BCUT2D eigenvalue weighted by molar-refractivity contribution is 0.564. The number of hydrogen-bond acceptors (Lipinski definition) is 4. The number of nitrogens with one attached hydrogen (secondary N) is 1. The Morgan fingerprint density at radius 1 is 1.43 bits per heavy atom. The summed E-state index contributed by atoms with van der Waals surface area (Å²) in [5.74, 6) is 0.470. The first-order chi connectivity index (χ1) is 9.78. The Morgan fingerprint density at radius 2 is 2.14 bits per heavy atom. The standard InChI is InChI=1S/C15H23BrN2O2S/c1-11(2)17-9-13-4-5-14(16)8-15(13)18-6-7-21(19,20)10-12(18)3/h4-5,8,11-12,17H,6-7,9-10H2,1-3H3. The maximum atomic E-state index is 11.8. The third-order valence-electron chi connectivity index (χ3n) is 3.73. The fourth-order valence-corrected chi connectivity index (χ4v) is 4.53. The fourth-order valence-electron chi connectivity index (χ4n) is 2.62. The molecule has 1 saturated heterocycles. The molecule has 0 aliphatic carbocycles. The van der Waals surface area contributed by atoms with Gasteiger partial charge in [0, 0.05) is 35.3 Å². The molecule has 6 heteroatoms. The van der Waals surface area contributed by atoms with Gasteiger partial charge in [0.15, 0.2) is 9.84 Å². The van der Waals surface area contributed by atoms with Gasteiger partial charge in [0.1, 0.15) is 0 Å². The summed E-state index contributed by atoms with van der Waals surface area (Å²) in [6.07, 6.45) is 0. The molecule has 0 spiro atoms. The van der Waals surface area contributed by atoms with Crippen LogP contribution in [-0.2, 0) is 16.4 Å². The van der Waals surface area contributed by atoms with Crippen molar-refractivity contribution in [2.75, 3.05) is 23.0 Å². The van der Waals surface area contributed by atoms with Crippen LogP contribution in [0.4, 0.5) is 5.69 Å². The summed E-state index contributed by atoms with van der Waals surface area (Å²) in [5, 5.41) is 3.43. The first-order valence-electron chi connectivity index (χ1n) is 7.27. The minimum Gasteiger partial charge on any atom is -0.366 e. The van der Waals surface area contributed by atoms with Crippen LogP contribution in [0.15, 0.2) is 22.7 Å². The molecule has 0 radical (unpaired) electrons. The van der Waals surface area contributed by atoms with Crippen molar-refractivity contribution in [1.82, 2.24) is 5.32 Å². The van der Waals surface area contributed by atoms with Crippen LogP contribution in [-0.4, -0.2) is 38.6 Å². The van der Waals surface area contributed by atoms with Crippen molar-refractivity contribution in [3.8, 4) is 0 Å². The van der Waals surface area contributed by atoms with E-state index in [0.717, 1.165) is 16.7 Å². The predicted molar refractivity (Wildman–Crippen MR) is 91.6 cm³/mol. The van der Waals surface area contributed by atoms with Crippen LogP contribution in [0, 0.1) is 0 Å². The second kappa shape index (κ2) is 6.67. The summed E-state index contributed by atoms with van der Waals surface area (Å²) in [7, 11) is -2.89. The topological polar surface area (TPSA) is 49.4 Å². The van der Waals surface area contributed by atoms with E-state index in [-0.39, 0.29) is 17.5 Å². The van der Waals surface area contributed by atoms with Crippen LogP contribution >= 0.6 is 15.9 Å². The second-order valence-electron chi connectivity index (χ2n) is 5.97. The summed E-state index contributed by atoms with van der Waals surface area (Å²) in [6.45, 7) is 7.57. The number of rotatable bonds is 4. The van der Waals surface area contributed by atoms with Crippen LogP contribution < -0.4 is 10.2 Å². The average molecular weight is 375 g/mol. The molecule has 1 aliphatic rings. The first kappa shape index (κ1) is 16.8.